The zero-order valence-corrected chi connectivity index (χ0v) is 12.7. The van der Waals surface area contributed by atoms with Crippen LogP contribution in [0.3, 0.4) is 0 Å². The van der Waals surface area contributed by atoms with E-state index in [2.05, 4.69) is 18.6 Å². The van der Waals surface area contributed by atoms with E-state index in [-0.39, 0.29) is 5.75 Å². The average molecular weight is 316 g/mol. The van der Waals surface area contributed by atoms with Gasteiger partial charge in [-0.05, 0) is 42.4 Å². The van der Waals surface area contributed by atoms with E-state index in [1.54, 1.807) is 0 Å². The van der Waals surface area contributed by atoms with Crippen LogP contribution in [0, 0.1) is 11.8 Å². The SMILES string of the molecule is CC(=O)OC1(c2ccc(OC(F)(F)F)cc2)CC(C)C(C)C1. The monoisotopic (exact) mass is 316 g/mol. The van der Waals surface area contributed by atoms with Gasteiger partial charge in [0.15, 0.2) is 0 Å². The van der Waals surface area contributed by atoms with Gasteiger partial charge in [0.2, 0.25) is 0 Å². The van der Waals surface area contributed by atoms with Crippen molar-refractivity contribution in [1.82, 2.24) is 0 Å². The number of benzene rings is 1. The summed E-state index contributed by atoms with van der Waals surface area (Å²) >= 11 is 0. The number of ether oxygens (including phenoxy) is 2. The molecule has 1 aliphatic carbocycles. The minimum absolute atomic E-state index is 0.284. The molecule has 0 heterocycles. The van der Waals surface area contributed by atoms with Crippen LogP contribution in [0.15, 0.2) is 24.3 Å². The van der Waals surface area contributed by atoms with Crippen molar-refractivity contribution in [2.75, 3.05) is 0 Å². The van der Waals surface area contributed by atoms with Gasteiger partial charge in [-0.2, -0.15) is 0 Å². The lowest BCUT2D eigenvalue weighted by Gasteiger charge is -2.30. The molecule has 0 aromatic heterocycles. The zero-order valence-electron chi connectivity index (χ0n) is 12.7. The van der Waals surface area contributed by atoms with Crippen molar-refractivity contribution in [1.29, 1.82) is 0 Å². The molecule has 0 amide bonds. The maximum atomic E-state index is 12.2. The van der Waals surface area contributed by atoms with E-state index in [1.807, 2.05) is 0 Å². The highest BCUT2D eigenvalue weighted by molar-refractivity contribution is 5.67. The molecule has 6 heteroatoms. The van der Waals surface area contributed by atoms with Gasteiger partial charge in [0, 0.05) is 6.92 Å². The fraction of sp³-hybridized carbons (Fsp3) is 0.562. The first-order chi connectivity index (χ1) is 10.1. The van der Waals surface area contributed by atoms with Gasteiger partial charge in [-0.3, -0.25) is 4.79 Å². The number of hydrogen-bond acceptors (Lipinski definition) is 3. The molecule has 0 spiro atoms. The van der Waals surface area contributed by atoms with Crippen LogP contribution in [0.1, 0.15) is 39.2 Å². The van der Waals surface area contributed by atoms with Crippen LogP contribution < -0.4 is 4.74 Å². The molecule has 3 nitrogen and oxygen atoms in total. The maximum absolute atomic E-state index is 12.2. The van der Waals surface area contributed by atoms with Crippen LogP contribution in [-0.2, 0) is 15.1 Å². The first kappa shape index (κ1) is 16.6. The Morgan fingerprint density at radius 1 is 1.14 bits per heavy atom. The largest absolute Gasteiger partial charge is 0.573 e. The van der Waals surface area contributed by atoms with Crippen molar-refractivity contribution in [2.24, 2.45) is 11.8 Å². The molecule has 0 N–H and O–H groups in total. The molecular weight excluding hydrogens is 297 g/mol. The number of hydrogen-bond donors (Lipinski definition) is 0. The van der Waals surface area contributed by atoms with E-state index >= 15 is 0 Å². The molecule has 0 radical (unpaired) electrons. The number of rotatable bonds is 3. The van der Waals surface area contributed by atoms with Crippen molar-refractivity contribution in [3.05, 3.63) is 29.8 Å². The Kier molecular flexibility index (Phi) is 4.40. The van der Waals surface area contributed by atoms with Crippen molar-refractivity contribution in [3.8, 4) is 5.75 Å². The highest BCUT2D eigenvalue weighted by Crippen LogP contribution is 2.48. The van der Waals surface area contributed by atoms with E-state index in [9.17, 15) is 18.0 Å². The number of carbonyl (C=O) groups excluding carboxylic acids is 1. The number of esters is 1. The first-order valence-corrected chi connectivity index (χ1v) is 7.17. The van der Waals surface area contributed by atoms with Gasteiger partial charge in [-0.25, -0.2) is 0 Å². The molecular formula is C16H19F3O3. The van der Waals surface area contributed by atoms with Gasteiger partial charge in [-0.1, -0.05) is 26.0 Å². The van der Waals surface area contributed by atoms with Crippen LogP contribution in [0.5, 0.6) is 5.75 Å². The molecule has 1 aromatic carbocycles. The summed E-state index contributed by atoms with van der Waals surface area (Å²) in [5.41, 5.74) is -0.0602. The van der Waals surface area contributed by atoms with Crippen LogP contribution in [0.4, 0.5) is 13.2 Å². The first-order valence-electron chi connectivity index (χ1n) is 7.17. The summed E-state index contributed by atoms with van der Waals surface area (Å²) in [6, 6.07) is 5.58. The van der Waals surface area contributed by atoms with E-state index < -0.39 is 17.9 Å². The molecule has 1 aromatic rings. The Labute approximate surface area is 127 Å². The van der Waals surface area contributed by atoms with E-state index in [1.165, 1.54) is 31.2 Å². The molecule has 2 atom stereocenters. The zero-order chi connectivity index (χ0) is 16.5. The van der Waals surface area contributed by atoms with Crippen molar-refractivity contribution < 1.29 is 27.4 Å². The normalized spacial score (nSPS) is 28.5. The molecule has 0 bridgehead atoms. The number of carbonyl (C=O) groups is 1. The average Bonchev–Trinajstić information content (AvgIpc) is 2.63. The van der Waals surface area contributed by atoms with Crippen LogP contribution in [0.2, 0.25) is 0 Å². The Morgan fingerprint density at radius 3 is 2.05 bits per heavy atom. The number of halogens is 3. The van der Waals surface area contributed by atoms with E-state index in [4.69, 9.17) is 4.74 Å². The smallest absolute Gasteiger partial charge is 0.454 e. The minimum Gasteiger partial charge on any atom is -0.454 e. The molecule has 122 valence electrons. The van der Waals surface area contributed by atoms with Gasteiger partial charge in [0.25, 0.3) is 0 Å². The van der Waals surface area contributed by atoms with Gasteiger partial charge < -0.3 is 9.47 Å². The third-order valence-corrected chi connectivity index (χ3v) is 4.23. The van der Waals surface area contributed by atoms with Gasteiger partial charge in [-0.15, -0.1) is 13.2 Å². The lowest BCUT2D eigenvalue weighted by atomic mass is 9.90. The molecule has 2 rings (SSSR count). The van der Waals surface area contributed by atoms with Gasteiger partial charge >= 0.3 is 12.3 Å². The second kappa shape index (κ2) is 5.82. The van der Waals surface area contributed by atoms with Crippen LogP contribution in [0.25, 0.3) is 0 Å². The summed E-state index contributed by atoms with van der Waals surface area (Å²) in [6.07, 6.45) is -3.40. The summed E-state index contributed by atoms with van der Waals surface area (Å²) in [5, 5.41) is 0. The molecule has 0 aliphatic heterocycles. The molecule has 22 heavy (non-hydrogen) atoms. The Hall–Kier alpha value is -1.72. The molecule has 0 saturated heterocycles. The predicted octanol–water partition coefficient (Wildman–Crippen LogP) is 4.41. The fourth-order valence-electron chi connectivity index (χ4n) is 3.14. The Balaban J connectivity index is 2.27. The highest BCUT2D eigenvalue weighted by Gasteiger charge is 2.45. The van der Waals surface area contributed by atoms with Crippen molar-refractivity contribution >= 4 is 5.97 Å². The third kappa shape index (κ3) is 3.72. The molecule has 1 saturated carbocycles. The van der Waals surface area contributed by atoms with Gasteiger partial charge in [0.1, 0.15) is 11.4 Å². The summed E-state index contributed by atoms with van der Waals surface area (Å²) in [4.78, 5) is 11.5. The summed E-state index contributed by atoms with van der Waals surface area (Å²) < 4.78 is 46.0. The van der Waals surface area contributed by atoms with Crippen LogP contribution in [-0.4, -0.2) is 12.3 Å². The maximum Gasteiger partial charge on any atom is 0.573 e. The lowest BCUT2D eigenvalue weighted by molar-refractivity contribution is -0.274. The van der Waals surface area contributed by atoms with E-state index in [0.717, 1.165) is 0 Å². The second-order valence-electron chi connectivity index (χ2n) is 6.02. The third-order valence-electron chi connectivity index (χ3n) is 4.23. The van der Waals surface area contributed by atoms with Crippen molar-refractivity contribution in [2.45, 2.75) is 45.6 Å². The quantitative estimate of drug-likeness (QED) is 0.775. The van der Waals surface area contributed by atoms with Crippen molar-refractivity contribution in [3.63, 3.8) is 0 Å². The molecule has 1 aliphatic rings. The summed E-state index contributed by atoms with van der Waals surface area (Å²) in [5.74, 6) is 0.0566. The summed E-state index contributed by atoms with van der Waals surface area (Å²) in [7, 11) is 0. The predicted molar refractivity (Wildman–Crippen MR) is 74.1 cm³/mol. The topological polar surface area (TPSA) is 35.5 Å². The highest BCUT2D eigenvalue weighted by atomic mass is 19.4. The second-order valence-corrected chi connectivity index (χ2v) is 6.02. The van der Waals surface area contributed by atoms with Crippen LogP contribution >= 0.6 is 0 Å². The standard InChI is InChI=1S/C16H19F3O3/c1-10-8-15(9-11(10)2,21-12(3)20)13-4-6-14(7-5-13)22-16(17,18)19/h4-7,10-11H,8-9H2,1-3H3. The molecule has 2 unspecified atom stereocenters. The summed E-state index contributed by atoms with van der Waals surface area (Å²) in [6.45, 7) is 5.50. The van der Waals surface area contributed by atoms with Gasteiger partial charge in [0.05, 0.1) is 0 Å². The fourth-order valence-corrected chi connectivity index (χ4v) is 3.14. The van der Waals surface area contributed by atoms with E-state index in [0.29, 0.717) is 30.2 Å². The Morgan fingerprint density at radius 2 is 1.64 bits per heavy atom. The lowest BCUT2D eigenvalue weighted by Crippen LogP contribution is -2.29. The number of alkyl halides is 3. The minimum atomic E-state index is -4.72. The Bertz CT molecular complexity index is 527. The molecule has 1 fully saturated rings.